The third-order valence-electron chi connectivity index (χ3n) is 6.65. The fraction of sp³-hybridized carbons (Fsp3) is 0.435. The Hall–Kier alpha value is -4.96. The molecule has 0 spiro atoms. The summed E-state index contributed by atoms with van der Waals surface area (Å²) >= 11 is 1.86. The summed E-state index contributed by atoms with van der Waals surface area (Å²) in [5.74, 6) is -4.39. The van der Waals surface area contributed by atoms with Gasteiger partial charge in [-0.15, -0.1) is 21.1 Å². The zero-order valence-corrected chi connectivity index (χ0v) is 25.7. The third-order valence-corrected chi connectivity index (χ3v) is 8.41. The lowest BCUT2D eigenvalue weighted by Gasteiger charge is -2.50. The van der Waals surface area contributed by atoms with E-state index in [1.54, 1.807) is 17.1 Å². The number of fused-ring (bicyclic) bond motifs is 1. The zero-order chi connectivity index (χ0) is 33.2. The third kappa shape index (κ3) is 6.76. The average Bonchev–Trinajstić information content (AvgIpc) is 3.52. The molecule has 2 aliphatic rings. The fourth-order valence-corrected chi connectivity index (χ4v) is 5.82. The molecular weight excluding hydrogens is 636 g/mol. The molecule has 0 radical (unpaired) electrons. The molecule has 0 bridgehead atoms. The second-order valence-electron chi connectivity index (χ2n) is 10.2. The first-order chi connectivity index (χ1) is 21.2. The number of anilines is 3. The molecule has 11 N–H and O–H groups in total. The summed E-state index contributed by atoms with van der Waals surface area (Å²) in [6, 6.07) is -3.07. The van der Waals surface area contributed by atoms with Crippen molar-refractivity contribution in [1.82, 2.24) is 29.6 Å². The van der Waals surface area contributed by atoms with Gasteiger partial charge in [-0.05, 0) is 19.3 Å². The molecule has 0 aromatic carbocycles. The predicted octanol–water partition coefficient (Wildman–Crippen LogP) is -2.57. The molecule has 20 nitrogen and oxygen atoms in total. The van der Waals surface area contributed by atoms with E-state index >= 15 is 0 Å². The lowest BCUT2D eigenvalue weighted by Crippen LogP contribution is -2.74. The number of carboxylic acids is 2. The summed E-state index contributed by atoms with van der Waals surface area (Å²) in [5, 5.41) is 31.5. The Labute approximate surface area is 262 Å². The van der Waals surface area contributed by atoms with Crippen LogP contribution in [0.3, 0.4) is 0 Å². The maximum absolute atomic E-state index is 13.3. The van der Waals surface area contributed by atoms with Crippen molar-refractivity contribution in [1.29, 1.82) is 0 Å². The first kappa shape index (κ1) is 32.9. The molecule has 0 aliphatic carbocycles. The number of carbonyl (C=O) groups is 5. The number of hydrogen-bond acceptors (Lipinski definition) is 14. The number of carbonyl (C=O) groups excluding carboxylic acids is 3. The summed E-state index contributed by atoms with van der Waals surface area (Å²) in [4.78, 5) is 72.5. The molecule has 22 heteroatoms. The van der Waals surface area contributed by atoms with Gasteiger partial charge < -0.3 is 47.8 Å². The van der Waals surface area contributed by atoms with Crippen LogP contribution in [0.4, 0.5) is 21.4 Å². The molecule has 242 valence electrons. The van der Waals surface area contributed by atoms with E-state index in [-0.39, 0.29) is 42.1 Å². The van der Waals surface area contributed by atoms with E-state index < -0.39 is 58.6 Å². The van der Waals surface area contributed by atoms with Crippen molar-refractivity contribution in [3.8, 4) is 0 Å². The van der Waals surface area contributed by atoms with Gasteiger partial charge in [0.2, 0.25) is 29.2 Å². The van der Waals surface area contributed by atoms with Crippen LogP contribution in [0.2, 0.25) is 0 Å². The molecule has 4 heterocycles. The van der Waals surface area contributed by atoms with Gasteiger partial charge in [-0.25, -0.2) is 14.4 Å². The van der Waals surface area contributed by atoms with Crippen LogP contribution < -0.4 is 37.8 Å². The summed E-state index contributed by atoms with van der Waals surface area (Å²) in [6.07, 6.45) is 1.52. The van der Waals surface area contributed by atoms with Gasteiger partial charge >= 0.3 is 18.0 Å². The Bertz CT molecular complexity index is 1600. The first-order valence-corrected chi connectivity index (χ1v) is 14.8. The number of aromatic nitrogens is 4. The minimum Gasteiger partial charge on any atom is -0.479 e. The Morgan fingerprint density at radius 3 is 2.56 bits per heavy atom. The highest BCUT2D eigenvalue weighted by molar-refractivity contribution is 8.02. The minimum absolute atomic E-state index is 0.00524. The van der Waals surface area contributed by atoms with Crippen molar-refractivity contribution in [3.63, 3.8) is 0 Å². The highest BCUT2D eigenvalue weighted by atomic mass is 32.2. The SMILES string of the molecule is Cn1c(N)c(NC(=O)NCCN)c[n+]1CC1=CSC2[C@H](NC(=O)/C(=N\OC(C)(C)C(=O)O)c3nsc(N)n3)C(=O)N2C1C(=O)O. The summed E-state index contributed by atoms with van der Waals surface area (Å²) < 4.78 is 6.98. The average molecular weight is 668 g/mol. The number of carboxylic acid groups (broad SMARTS) is 2. The van der Waals surface area contributed by atoms with E-state index in [0.29, 0.717) is 5.57 Å². The molecule has 4 amide bonds. The van der Waals surface area contributed by atoms with E-state index in [2.05, 4.69) is 30.5 Å². The number of nitrogens with two attached hydrogens (primary N) is 3. The van der Waals surface area contributed by atoms with Crippen molar-refractivity contribution in [3.05, 3.63) is 23.0 Å². The van der Waals surface area contributed by atoms with Crippen LogP contribution in [0.5, 0.6) is 0 Å². The molecule has 2 unspecified atom stereocenters. The molecule has 0 saturated carbocycles. The lowest BCUT2D eigenvalue weighted by molar-refractivity contribution is -0.765. The number of amides is 4. The number of nitrogens with zero attached hydrogens (tertiary/aromatic N) is 6. The van der Waals surface area contributed by atoms with E-state index in [0.717, 1.165) is 28.2 Å². The lowest BCUT2D eigenvalue weighted by atomic mass is 9.97. The van der Waals surface area contributed by atoms with E-state index in [9.17, 15) is 34.2 Å². The van der Waals surface area contributed by atoms with Gasteiger partial charge in [-0.2, -0.15) is 9.36 Å². The quantitative estimate of drug-likeness (QED) is 0.0500. The fourth-order valence-electron chi connectivity index (χ4n) is 4.16. The molecule has 45 heavy (non-hydrogen) atoms. The van der Waals surface area contributed by atoms with Gasteiger partial charge in [0.15, 0.2) is 29.2 Å². The maximum Gasteiger partial charge on any atom is 0.350 e. The van der Waals surface area contributed by atoms with Gasteiger partial charge in [-0.1, -0.05) is 5.16 Å². The van der Waals surface area contributed by atoms with Gasteiger partial charge in [0.05, 0.1) is 7.05 Å². The second-order valence-corrected chi connectivity index (χ2v) is 12.0. The van der Waals surface area contributed by atoms with Gasteiger partial charge in [0, 0.05) is 30.2 Å². The highest BCUT2D eigenvalue weighted by Crippen LogP contribution is 2.40. The summed E-state index contributed by atoms with van der Waals surface area (Å²) in [7, 11) is 1.61. The Morgan fingerprint density at radius 2 is 1.96 bits per heavy atom. The predicted molar refractivity (Wildman–Crippen MR) is 159 cm³/mol. The number of oxime groups is 1. The van der Waals surface area contributed by atoms with Crippen LogP contribution in [0, 0.1) is 0 Å². The van der Waals surface area contributed by atoms with Gasteiger partial charge in [-0.3, -0.25) is 14.9 Å². The number of rotatable bonds is 12. The van der Waals surface area contributed by atoms with Crippen LogP contribution in [0.15, 0.2) is 22.3 Å². The van der Waals surface area contributed by atoms with E-state index in [4.69, 9.17) is 22.0 Å². The van der Waals surface area contributed by atoms with Crippen molar-refractivity contribution in [2.75, 3.05) is 29.9 Å². The number of aliphatic carboxylic acids is 2. The number of nitrogens with one attached hydrogen (secondary N) is 3. The number of urea groups is 1. The van der Waals surface area contributed by atoms with E-state index in [1.807, 2.05) is 0 Å². The van der Waals surface area contributed by atoms with Crippen molar-refractivity contribution >= 4 is 75.4 Å². The zero-order valence-electron chi connectivity index (χ0n) is 24.1. The van der Waals surface area contributed by atoms with Crippen molar-refractivity contribution in [2.24, 2.45) is 17.9 Å². The molecule has 2 aliphatic heterocycles. The number of nitrogen functional groups attached to an aromatic ring is 2. The van der Waals surface area contributed by atoms with Crippen LogP contribution in [0.1, 0.15) is 19.7 Å². The topological polar surface area (TPSA) is 299 Å². The second kappa shape index (κ2) is 13.0. The minimum atomic E-state index is -1.82. The number of thioether (sulfide) groups is 1. The molecule has 2 aromatic rings. The maximum atomic E-state index is 13.3. The van der Waals surface area contributed by atoms with Crippen molar-refractivity contribution in [2.45, 2.75) is 43.5 Å². The van der Waals surface area contributed by atoms with Gasteiger partial charge in [0.1, 0.15) is 11.4 Å². The van der Waals surface area contributed by atoms with Crippen LogP contribution in [0.25, 0.3) is 0 Å². The Kier molecular flexibility index (Phi) is 9.48. The Balaban J connectivity index is 1.53. The normalized spacial score (nSPS) is 19.6. The Morgan fingerprint density at radius 1 is 1.24 bits per heavy atom. The highest BCUT2D eigenvalue weighted by Gasteiger charge is 2.56. The van der Waals surface area contributed by atoms with Crippen molar-refractivity contribution < 1.29 is 43.7 Å². The number of β-lactam (4-membered cyclic amide) rings is 1. The van der Waals surface area contributed by atoms with Gasteiger partial charge in [0.25, 0.3) is 5.91 Å². The standard InChI is InChI=1S/C23H30N12O8S2/c1-23(2,20(40)41)43-31-11(15-30-21(26)45-32-15)16(36)29-12-17(37)35-13(19(38)39)9(8-44-18(12)35)6-34-7-10(14(25)33(34)3)28-22(42)27-5-4-24/h7-8,12-13,18,25H,4-6,24H2,1-3H3,(H7,26,27,28,29,30,32,36,38,39,40,41,42)/p+1/b31-11-/t12-,13?,18?/m1/s1. The van der Waals surface area contributed by atoms with E-state index in [1.165, 1.54) is 24.7 Å². The monoisotopic (exact) mass is 667 g/mol. The largest absolute Gasteiger partial charge is 0.479 e. The molecular formula is C23H31N12O8S2+. The molecule has 1 fully saturated rings. The molecule has 3 atom stereocenters. The van der Waals surface area contributed by atoms with Crippen LogP contribution in [-0.4, -0.2) is 101 Å². The molecule has 4 rings (SSSR count). The summed E-state index contributed by atoms with van der Waals surface area (Å²) in [5.41, 5.74) is 15.4. The molecule has 1 saturated heterocycles. The van der Waals surface area contributed by atoms with Crippen LogP contribution in [-0.2, 0) is 37.6 Å². The first-order valence-electron chi connectivity index (χ1n) is 13.1. The number of hydrogen-bond donors (Lipinski definition) is 8. The molecule has 2 aromatic heterocycles. The summed E-state index contributed by atoms with van der Waals surface area (Å²) in [6.45, 7) is 2.90. The van der Waals surface area contributed by atoms with Crippen LogP contribution >= 0.6 is 23.3 Å². The smallest absolute Gasteiger partial charge is 0.350 e.